The van der Waals surface area contributed by atoms with Crippen LogP contribution in [0.25, 0.3) is 0 Å². The molecule has 0 saturated heterocycles. The monoisotopic (exact) mass is 234 g/mol. The first-order chi connectivity index (χ1) is 8.25. The highest BCUT2D eigenvalue weighted by Crippen LogP contribution is 2.06. The Hall–Kier alpha value is -1.59. The highest BCUT2D eigenvalue weighted by molar-refractivity contribution is 5.09. The molecule has 92 valence electrons. The van der Waals surface area contributed by atoms with Gasteiger partial charge in [0.2, 0.25) is 0 Å². The number of nitrogens with one attached hydrogen (secondary N) is 1. The molecule has 0 spiro atoms. The summed E-state index contributed by atoms with van der Waals surface area (Å²) in [5.41, 5.74) is 7.08. The van der Waals surface area contributed by atoms with Gasteiger partial charge in [0.25, 0.3) is 0 Å². The van der Waals surface area contributed by atoms with Gasteiger partial charge < -0.3 is 15.5 Å². The van der Waals surface area contributed by atoms with E-state index >= 15 is 0 Å². The van der Waals surface area contributed by atoms with Gasteiger partial charge in [0, 0.05) is 44.4 Å². The van der Waals surface area contributed by atoms with Gasteiger partial charge in [-0.1, -0.05) is 0 Å². The number of rotatable bonds is 6. The van der Waals surface area contributed by atoms with Crippen LogP contribution in [0.3, 0.4) is 0 Å². The smallest absolute Gasteiger partial charge is 0.105 e. The first kappa shape index (κ1) is 11.9. The highest BCUT2D eigenvalue weighted by atomic mass is 16.3. The number of hydrogen-bond acceptors (Lipinski definition) is 4. The van der Waals surface area contributed by atoms with Crippen LogP contribution in [0.2, 0.25) is 0 Å². The molecule has 2 heterocycles. The van der Waals surface area contributed by atoms with Crippen molar-refractivity contribution in [2.24, 2.45) is 12.8 Å². The normalized spacial score (nSPS) is 12.8. The topological polar surface area (TPSA) is 69.0 Å². The molecule has 0 saturated carbocycles. The molecule has 0 aliphatic rings. The largest absolute Gasteiger partial charge is 0.469 e. The summed E-state index contributed by atoms with van der Waals surface area (Å²) < 4.78 is 7.01. The Morgan fingerprint density at radius 2 is 2.47 bits per heavy atom. The molecular formula is C12H18N4O. The minimum atomic E-state index is -0.0136. The molecule has 5 nitrogen and oxygen atoms in total. The summed E-state index contributed by atoms with van der Waals surface area (Å²) in [6, 6.07) is 3.86. The first-order valence-corrected chi connectivity index (χ1v) is 5.73. The van der Waals surface area contributed by atoms with E-state index < -0.39 is 0 Å². The zero-order valence-electron chi connectivity index (χ0n) is 9.97. The average Bonchev–Trinajstić information content (AvgIpc) is 2.95. The Bertz CT molecular complexity index is 435. The Morgan fingerprint density at radius 1 is 1.59 bits per heavy atom. The van der Waals surface area contributed by atoms with E-state index in [4.69, 9.17) is 10.2 Å². The second kappa shape index (κ2) is 5.65. The van der Waals surface area contributed by atoms with E-state index in [1.165, 1.54) is 0 Å². The zero-order valence-corrected chi connectivity index (χ0v) is 9.97. The van der Waals surface area contributed by atoms with E-state index in [2.05, 4.69) is 10.4 Å². The standard InChI is InChI=1S/C12H18N4O/c1-16-9-10(7-15-16)12(13)8-14-5-4-11-3-2-6-17-11/h2-3,6-7,9,12,14H,4-5,8,13H2,1H3. The van der Waals surface area contributed by atoms with Crippen molar-refractivity contribution in [2.75, 3.05) is 13.1 Å². The average molecular weight is 234 g/mol. The van der Waals surface area contributed by atoms with Gasteiger partial charge in [0.15, 0.2) is 0 Å². The molecule has 0 amide bonds. The number of nitrogens with two attached hydrogens (primary N) is 1. The van der Waals surface area contributed by atoms with Gasteiger partial charge in [-0.05, 0) is 12.1 Å². The zero-order chi connectivity index (χ0) is 12.1. The van der Waals surface area contributed by atoms with E-state index in [9.17, 15) is 0 Å². The molecule has 5 heteroatoms. The molecule has 0 fully saturated rings. The Morgan fingerprint density at radius 3 is 3.12 bits per heavy atom. The molecule has 3 N–H and O–H groups in total. The van der Waals surface area contributed by atoms with Crippen molar-refractivity contribution >= 4 is 0 Å². The third-order valence-electron chi connectivity index (χ3n) is 2.65. The maximum Gasteiger partial charge on any atom is 0.105 e. The van der Waals surface area contributed by atoms with Crippen LogP contribution in [0.5, 0.6) is 0 Å². The van der Waals surface area contributed by atoms with Crippen molar-refractivity contribution in [3.63, 3.8) is 0 Å². The van der Waals surface area contributed by atoms with E-state index in [-0.39, 0.29) is 6.04 Å². The lowest BCUT2D eigenvalue weighted by atomic mass is 10.2. The summed E-state index contributed by atoms with van der Waals surface area (Å²) in [6.45, 7) is 1.61. The lowest BCUT2D eigenvalue weighted by molar-refractivity contribution is 0.494. The number of furan rings is 1. The van der Waals surface area contributed by atoms with Crippen molar-refractivity contribution < 1.29 is 4.42 Å². The van der Waals surface area contributed by atoms with Crippen LogP contribution in [-0.2, 0) is 13.5 Å². The van der Waals surface area contributed by atoms with Gasteiger partial charge in [0.1, 0.15) is 5.76 Å². The SMILES string of the molecule is Cn1cc(C(N)CNCCc2ccco2)cn1. The fourth-order valence-corrected chi connectivity index (χ4v) is 1.67. The highest BCUT2D eigenvalue weighted by Gasteiger charge is 2.07. The van der Waals surface area contributed by atoms with Crippen LogP contribution in [0, 0.1) is 0 Å². The number of nitrogens with zero attached hydrogens (tertiary/aromatic N) is 2. The minimum Gasteiger partial charge on any atom is -0.469 e. The van der Waals surface area contributed by atoms with Gasteiger partial charge in [-0.3, -0.25) is 4.68 Å². The molecule has 1 atom stereocenters. The summed E-state index contributed by atoms with van der Waals surface area (Å²) in [6.07, 6.45) is 6.32. The van der Waals surface area contributed by atoms with Crippen LogP contribution in [0.15, 0.2) is 35.2 Å². The third kappa shape index (κ3) is 3.44. The Balaban J connectivity index is 1.68. The quantitative estimate of drug-likeness (QED) is 0.727. The molecule has 2 aromatic rings. The van der Waals surface area contributed by atoms with E-state index in [0.29, 0.717) is 0 Å². The van der Waals surface area contributed by atoms with Crippen molar-refractivity contribution in [3.05, 3.63) is 42.1 Å². The second-order valence-corrected chi connectivity index (χ2v) is 4.09. The van der Waals surface area contributed by atoms with Crippen LogP contribution in [0.4, 0.5) is 0 Å². The third-order valence-corrected chi connectivity index (χ3v) is 2.65. The number of hydrogen-bond donors (Lipinski definition) is 2. The second-order valence-electron chi connectivity index (χ2n) is 4.09. The van der Waals surface area contributed by atoms with Crippen molar-refractivity contribution in [1.29, 1.82) is 0 Å². The van der Waals surface area contributed by atoms with E-state index in [1.54, 1.807) is 17.1 Å². The van der Waals surface area contributed by atoms with Crippen LogP contribution < -0.4 is 11.1 Å². The molecule has 2 rings (SSSR count). The molecule has 0 aliphatic carbocycles. The lowest BCUT2D eigenvalue weighted by Gasteiger charge is -2.10. The van der Waals surface area contributed by atoms with Crippen molar-refractivity contribution in [3.8, 4) is 0 Å². The molecule has 0 aliphatic heterocycles. The fourth-order valence-electron chi connectivity index (χ4n) is 1.67. The molecule has 1 unspecified atom stereocenters. The molecule has 2 aromatic heterocycles. The Labute approximate surface area is 101 Å². The molecule has 17 heavy (non-hydrogen) atoms. The Kier molecular flexibility index (Phi) is 3.95. The first-order valence-electron chi connectivity index (χ1n) is 5.73. The van der Waals surface area contributed by atoms with Crippen LogP contribution in [0.1, 0.15) is 17.4 Å². The van der Waals surface area contributed by atoms with Gasteiger partial charge >= 0.3 is 0 Å². The van der Waals surface area contributed by atoms with Crippen molar-refractivity contribution in [1.82, 2.24) is 15.1 Å². The minimum absolute atomic E-state index is 0.0136. The summed E-state index contributed by atoms with van der Waals surface area (Å²) in [7, 11) is 1.89. The molecular weight excluding hydrogens is 216 g/mol. The van der Waals surface area contributed by atoms with Gasteiger partial charge in [-0.25, -0.2) is 0 Å². The summed E-state index contributed by atoms with van der Waals surface area (Å²) in [4.78, 5) is 0. The number of aryl methyl sites for hydroxylation is 1. The van der Waals surface area contributed by atoms with Gasteiger partial charge in [-0.15, -0.1) is 0 Å². The van der Waals surface area contributed by atoms with Gasteiger partial charge in [0.05, 0.1) is 12.5 Å². The number of aromatic nitrogens is 2. The maximum absolute atomic E-state index is 6.03. The fraction of sp³-hybridized carbons (Fsp3) is 0.417. The van der Waals surface area contributed by atoms with Gasteiger partial charge in [-0.2, -0.15) is 5.10 Å². The summed E-state index contributed by atoms with van der Waals surface area (Å²) >= 11 is 0. The lowest BCUT2D eigenvalue weighted by Crippen LogP contribution is -2.28. The van der Waals surface area contributed by atoms with E-state index in [1.807, 2.05) is 25.4 Å². The maximum atomic E-state index is 6.03. The van der Waals surface area contributed by atoms with Crippen molar-refractivity contribution in [2.45, 2.75) is 12.5 Å². The molecule has 0 aromatic carbocycles. The summed E-state index contributed by atoms with van der Waals surface area (Å²) in [5, 5.41) is 7.41. The van der Waals surface area contributed by atoms with Crippen LogP contribution in [-0.4, -0.2) is 22.9 Å². The van der Waals surface area contributed by atoms with E-state index in [0.717, 1.165) is 30.8 Å². The molecule has 0 bridgehead atoms. The van der Waals surface area contributed by atoms with Crippen LogP contribution >= 0.6 is 0 Å². The predicted molar refractivity (Wildman–Crippen MR) is 65.4 cm³/mol. The summed E-state index contributed by atoms with van der Waals surface area (Å²) in [5.74, 6) is 0.993. The predicted octanol–water partition coefficient (Wildman–Crippen LogP) is 0.845. The molecule has 0 radical (unpaired) electrons.